The molecule has 0 spiro atoms. The maximum Gasteiger partial charge on any atom is 0.250 e. The monoisotopic (exact) mass is 481 g/mol. The highest BCUT2D eigenvalue weighted by Crippen LogP contribution is 2.38. The molecule has 0 aliphatic heterocycles. The smallest absolute Gasteiger partial charge is 0.250 e. The fourth-order valence-corrected chi connectivity index (χ4v) is 6.55. The molecule has 0 unspecified atom stereocenters. The highest BCUT2D eigenvalue weighted by atomic mass is 32.2. The zero-order valence-electron chi connectivity index (χ0n) is 19.7. The van der Waals surface area contributed by atoms with Crippen LogP contribution in [0, 0.1) is 19.8 Å². The molecule has 5 nitrogen and oxygen atoms in total. The van der Waals surface area contributed by atoms with Gasteiger partial charge in [-0.1, -0.05) is 49.0 Å². The number of aromatic nitrogens is 1. The number of hydrogen-bond donors (Lipinski definition) is 1. The normalized spacial score (nSPS) is 20.5. The summed E-state index contributed by atoms with van der Waals surface area (Å²) in [6.07, 6.45) is 3.23. The van der Waals surface area contributed by atoms with E-state index in [4.69, 9.17) is 0 Å². The number of carbonyl (C=O) groups excluding carboxylic acids is 2. The van der Waals surface area contributed by atoms with E-state index in [9.17, 15) is 9.59 Å². The van der Waals surface area contributed by atoms with Crippen molar-refractivity contribution in [3.63, 3.8) is 0 Å². The van der Waals surface area contributed by atoms with Crippen molar-refractivity contribution in [2.45, 2.75) is 56.3 Å². The van der Waals surface area contributed by atoms with Gasteiger partial charge in [-0.05, 0) is 68.7 Å². The molecule has 4 rings (SSSR count). The molecular formula is C26H31N3O2S2. The summed E-state index contributed by atoms with van der Waals surface area (Å²) in [4.78, 5) is 33.4. The van der Waals surface area contributed by atoms with Crippen LogP contribution in [0.1, 0.15) is 43.7 Å². The minimum Gasteiger partial charge on any atom is -0.330 e. The van der Waals surface area contributed by atoms with Gasteiger partial charge < -0.3 is 10.2 Å². The molecule has 1 aromatic heterocycles. The van der Waals surface area contributed by atoms with E-state index in [2.05, 4.69) is 17.2 Å². The summed E-state index contributed by atoms with van der Waals surface area (Å²) in [5.74, 6) is 0.717. The van der Waals surface area contributed by atoms with Crippen molar-refractivity contribution in [2.24, 2.45) is 5.92 Å². The molecule has 1 N–H and O–H groups in total. The van der Waals surface area contributed by atoms with Gasteiger partial charge in [0.2, 0.25) is 11.8 Å². The van der Waals surface area contributed by atoms with Gasteiger partial charge in [-0.3, -0.25) is 9.59 Å². The number of benzene rings is 2. The van der Waals surface area contributed by atoms with Crippen LogP contribution in [0.5, 0.6) is 0 Å². The second-order valence-electron chi connectivity index (χ2n) is 9.12. The molecule has 2 amide bonds. The third-order valence-corrected chi connectivity index (χ3v) is 9.02. The van der Waals surface area contributed by atoms with Crippen molar-refractivity contribution in [3.05, 3.63) is 53.6 Å². The fraction of sp³-hybridized carbons (Fsp3) is 0.423. The maximum absolute atomic E-state index is 13.7. The Morgan fingerprint density at radius 2 is 1.79 bits per heavy atom. The zero-order valence-corrected chi connectivity index (χ0v) is 21.3. The quantitative estimate of drug-likeness (QED) is 0.435. The Morgan fingerprint density at radius 1 is 1.12 bits per heavy atom. The van der Waals surface area contributed by atoms with Crippen LogP contribution in [0.15, 0.2) is 46.8 Å². The van der Waals surface area contributed by atoms with E-state index in [-0.39, 0.29) is 17.6 Å². The third-order valence-electron chi connectivity index (χ3n) is 6.85. The minimum atomic E-state index is -0.827. The van der Waals surface area contributed by atoms with E-state index in [0.717, 1.165) is 44.2 Å². The number of aryl methyl sites for hydroxylation is 2. The Labute approximate surface area is 204 Å². The molecular weight excluding hydrogens is 450 g/mol. The Balaban J connectivity index is 1.52. The second-order valence-corrected chi connectivity index (χ2v) is 11.4. The number of thioether (sulfide) groups is 1. The number of carbonyl (C=O) groups is 2. The number of rotatable bonds is 6. The molecule has 0 bridgehead atoms. The van der Waals surface area contributed by atoms with Crippen molar-refractivity contribution in [1.82, 2.24) is 9.88 Å². The molecule has 1 heterocycles. The number of thiazole rings is 1. The molecule has 33 heavy (non-hydrogen) atoms. The van der Waals surface area contributed by atoms with Crippen LogP contribution >= 0.6 is 23.1 Å². The average Bonchev–Trinajstić information content (AvgIpc) is 3.23. The molecule has 0 radical (unpaired) electrons. The lowest BCUT2D eigenvalue weighted by atomic mass is 9.75. The summed E-state index contributed by atoms with van der Waals surface area (Å²) in [6, 6.07) is 14.0. The van der Waals surface area contributed by atoms with Crippen molar-refractivity contribution in [3.8, 4) is 0 Å². The highest BCUT2D eigenvalue weighted by Gasteiger charge is 2.46. The largest absolute Gasteiger partial charge is 0.330 e. The summed E-state index contributed by atoms with van der Waals surface area (Å²) in [7, 11) is 1.79. The van der Waals surface area contributed by atoms with Crippen molar-refractivity contribution < 1.29 is 9.59 Å². The lowest BCUT2D eigenvalue weighted by Crippen LogP contribution is -2.59. The predicted molar refractivity (Wildman–Crippen MR) is 138 cm³/mol. The topological polar surface area (TPSA) is 62.3 Å². The van der Waals surface area contributed by atoms with E-state index < -0.39 is 5.54 Å². The van der Waals surface area contributed by atoms with Gasteiger partial charge in [-0.2, -0.15) is 0 Å². The molecule has 0 saturated heterocycles. The minimum absolute atomic E-state index is 0.0366. The molecule has 174 valence electrons. The lowest BCUT2D eigenvalue weighted by molar-refractivity contribution is -0.144. The molecule has 2 aromatic carbocycles. The molecule has 7 heteroatoms. The fourth-order valence-electron chi connectivity index (χ4n) is 4.57. The Hall–Kier alpha value is -2.38. The van der Waals surface area contributed by atoms with E-state index in [1.54, 1.807) is 23.3 Å². The van der Waals surface area contributed by atoms with Crippen molar-refractivity contribution in [1.29, 1.82) is 0 Å². The molecule has 1 saturated carbocycles. The van der Waals surface area contributed by atoms with E-state index in [1.165, 1.54) is 11.8 Å². The first-order valence-electron chi connectivity index (χ1n) is 11.4. The Kier molecular flexibility index (Phi) is 7.10. The standard InChI is InChI=1S/C26H31N3O2S2/c1-17-12-14-26(15-13-17,24(31)28-23-18(2)8-7-9-19(23)3)29(4)22(30)16-32-25-27-20-10-5-6-11-21(20)33-25/h5-11,17H,12-16H2,1-4H3,(H,28,31). The van der Waals surface area contributed by atoms with Crippen LogP contribution in [0.4, 0.5) is 5.69 Å². The van der Waals surface area contributed by atoms with Crippen LogP contribution in [0.2, 0.25) is 0 Å². The van der Waals surface area contributed by atoms with Gasteiger partial charge in [0.25, 0.3) is 0 Å². The number of nitrogens with zero attached hydrogens (tertiary/aromatic N) is 2. The van der Waals surface area contributed by atoms with Gasteiger partial charge in [-0.25, -0.2) is 4.98 Å². The number of nitrogens with one attached hydrogen (secondary N) is 1. The summed E-state index contributed by atoms with van der Waals surface area (Å²) in [5.41, 5.74) is 3.04. The molecule has 1 aliphatic carbocycles. The average molecular weight is 482 g/mol. The molecule has 1 aliphatic rings. The van der Waals surface area contributed by atoms with Gasteiger partial charge in [-0.15, -0.1) is 11.3 Å². The number of para-hydroxylation sites is 2. The first kappa shape index (κ1) is 23.8. The maximum atomic E-state index is 13.7. The number of likely N-dealkylation sites (N-methyl/N-ethyl adjacent to an activating group) is 1. The second kappa shape index (κ2) is 9.85. The van der Waals surface area contributed by atoms with Crippen LogP contribution in [-0.4, -0.2) is 40.0 Å². The van der Waals surface area contributed by atoms with E-state index in [0.29, 0.717) is 18.8 Å². The number of amides is 2. The highest BCUT2D eigenvalue weighted by molar-refractivity contribution is 8.01. The summed E-state index contributed by atoms with van der Waals surface area (Å²) in [6.45, 7) is 6.22. The zero-order chi connectivity index (χ0) is 23.6. The molecule has 0 atom stereocenters. The number of anilines is 1. The van der Waals surface area contributed by atoms with Crippen molar-refractivity contribution in [2.75, 3.05) is 18.1 Å². The summed E-state index contributed by atoms with van der Waals surface area (Å²) < 4.78 is 2.00. The van der Waals surface area contributed by atoms with Gasteiger partial charge in [0.1, 0.15) is 5.54 Å². The van der Waals surface area contributed by atoms with Crippen LogP contribution in [-0.2, 0) is 9.59 Å². The first-order valence-corrected chi connectivity index (χ1v) is 13.2. The number of fused-ring (bicyclic) bond motifs is 1. The first-order chi connectivity index (χ1) is 15.8. The lowest BCUT2D eigenvalue weighted by Gasteiger charge is -2.44. The predicted octanol–water partition coefficient (Wildman–Crippen LogP) is 6.05. The summed E-state index contributed by atoms with van der Waals surface area (Å²) in [5, 5.41) is 3.18. The third kappa shape index (κ3) is 4.94. The molecule has 1 fully saturated rings. The Morgan fingerprint density at radius 3 is 2.45 bits per heavy atom. The van der Waals surface area contributed by atoms with E-state index in [1.807, 2.05) is 56.3 Å². The van der Waals surface area contributed by atoms with Gasteiger partial charge in [0.05, 0.1) is 16.0 Å². The van der Waals surface area contributed by atoms with Crippen LogP contribution in [0.25, 0.3) is 10.2 Å². The van der Waals surface area contributed by atoms with Gasteiger partial charge >= 0.3 is 0 Å². The van der Waals surface area contributed by atoms with Gasteiger partial charge in [0, 0.05) is 12.7 Å². The van der Waals surface area contributed by atoms with Crippen molar-refractivity contribution >= 4 is 50.8 Å². The van der Waals surface area contributed by atoms with Crippen LogP contribution in [0.3, 0.4) is 0 Å². The molecule has 3 aromatic rings. The summed E-state index contributed by atoms with van der Waals surface area (Å²) >= 11 is 3.05. The van der Waals surface area contributed by atoms with Gasteiger partial charge in [0.15, 0.2) is 4.34 Å². The number of hydrogen-bond acceptors (Lipinski definition) is 5. The van der Waals surface area contributed by atoms with E-state index >= 15 is 0 Å². The Bertz CT molecular complexity index is 1110. The SMILES string of the molecule is Cc1cccc(C)c1NC(=O)C1(N(C)C(=O)CSc2nc3ccccc3s2)CCC(C)CC1. The van der Waals surface area contributed by atoms with Crippen LogP contribution < -0.4 is 5.32 Å².